The van der Waals surface area contributed by atoms with Crippen LogP contribution in [0.5, 0.6) is 0 Å². The average Bonchev–Trinajstić information content (AvgIpc) is 2.46. The molecule has 0 bridgehead atoms. The molecule has 0 saturated carbocycles. The number of nitrogens with zero attached hydrogens (tertiary/aromatic N) is 1. The summed E-state index contributed by atoms with van der Waals surface area (Å²) in [7, 11) is -3.61. The zero-order valence-electron chi connectivity index (χ0n) is 11.7. The van der Waals surface area contributed by atoms with Crippen LogP contribution >= 0.6 is 0 Å². The van der Waals surface area contributed by atoms with Crippen LogP contribution in [-0.2, 0) is 10.0 Å². The van der Waals surface area contributed by atoms with Crippen LogP contribution in [0.1, 0.15) is 0 Å². The molecule has 0 heterocycles. The van der Waals surface area contributed by atoms with Crippen LogP contribution in [0.25, 0.3) is 10.8 Å². The fourth-order valence-electron chi connectivity index (χ4n) is 2.20. The van der Waals surface area contributed by atoms with E-state index in [1.807, 2.05) is 6.07 Å². The van der Waals surface area contributed by atoms with Gasteiger partial charge in [0, 0.05) is 24.2 Å². The van der Waals surface area contributed by atoms with Gasteiger partial charge >= 0.3 is 0 Å². The van der Waals surface area contributed by atoms with Gasteiger partial charge in [-0.15, -0.1) is 13.2 Å². The van der Waals surface area contributed by atoms with Gasteiger partial charge in [-0.1, -0.05) is 30.4 Å². The molecule has 21 heavy (non-hydrogen) atoms. The van der Waals surface area contributed by atoms with Crippen molar-refractivity contribution >= 4 is 26.5 Å². The summed E-state index contributed by atoms with van der Waals surface area (Å²) >= 11 is 0. The maximum Gasteiger partial charge on any atom is 0.244 e. The van der Waals surface area contributed by atoms with Crippen LogP contribution in [0.2, 0.25) is 0 Å². The van der Waals surface area contributed by atoms with Crippen molar-refractivity contribution in [2.45, 2.75) is 4.90 Å². The van der Waals surface area contributed by atoms with E-state index in [0.717, 1.165) is 5.39 Å². The lowest BCUT2D eigenvalue weighted by molar-refractivity contribution is 0.475. The fraction of sp³-hybridized carbons (Fsp3) is 0.125. The van der Waals surface area contributed by atoms with Gasteiger partial charge in [-0.25, -0.2) is 8.42 Å². The lowest BCUT2D eigenvalue weighted by atomic mass is 10.1. The number of benzene rings is 2. The summed E-state index contributed by atoms with van der Waals surface area (Å²) in [6.07, 6.45) is 3.12. The van der Waals surface area contributed by atoms with E-state index in [1.54, 1.807) is 42.5 Å². The Morgan fingerprint density at radius 1 is 1.10 bits per heavy atom. The van der Waals surface area contributed by atoms with E-state index in [-0.39, 0.29) is 18.0 Å². The first-order valence-corrected chi connectivity index (χ1v) is 7.95. The summed E-state index contributed by atoms with van der Waals surface area (Å²) in [5.74, 6) is 0. The minimum Gasteiger partial charge on any atom is -0.399 e. The molecule has 0 fully saturated rings. The normalized spacial score (nSPS) is 11.7. The van der Waals surface area contributed by atoms with E-state index in [1.165, 1.54) is 4.31 Å². The number of sulfonamides is 1. The first-order valence-electron chi connectivity index (χ1n) is 6.51. The summed E-state index contributed by atoms with van der Waals surface area (Å²) in [5.41, 5.74) is 6.35. The minimum absolute atomic E-state index is 0.236. The number of nitrogen functional groups attached to an aromatic ring is 1. The smallest absolute Gasteiger partial charge is 0.244 e. The first kappa shape index (κ1) is 15.3. The van der Waals surface area contributed by atoms with Gasteiger partial charge in [0.25, 0.3) is 0 Å². The number of hydrogen-bond donors (Lipinski definition) is 1. The van der Waals surface area contributed by atoms with Crippen LogP contribution in [0, 0.1) is 0 Å². The van der Waals surface area contributed by atoms with Crippen LogP contribution in [0.15, 0.2) is 66.6 Å². The van der Waals surface area contributed by atoms with E-state index in [4.69, 9.17) is 5.73 Å². The van der Waals surface area contributed by atoms with Crippen molar-refractivity contribution in [3.05, 3.63) is 61.7 Å². The molecule has 110 valence electrons. The summed E-state index contributed by atoms with van der Waals surface area (Å²) in [5, 5.41) is 1.46. The third-order valence-electron chi connectivity index (χ3n) is 3.15. The molecule has 5 heteroatoms. The Kier molecular flexibility index (Phi) is 4.45. The largest absolute Gasteiger partial charge is 0.399 e. The maximum atomic E-state index is 12.8. The second-order valence-corrected chi connectivity index (χ2v) is 6.54. The van der Waals surface area contributed by atoms with Crippen LogP contribution in [0.3, 0.4) is 0 Å². The zero-order valence-corrected chi connectivity index (χ0v) is 12.5. The van der Waals surface area contributed by atoms with Gasteiger partial charge in [0.1, 0.15) is 0 Å². The van der Waals surface area contributed by atoms with Crippen molar-refractivity contribution in [2.24, 2.45) is 0 Å². The molecule has 4 nitrogen and oxygen atoms in total. The summed E-state index contributed by atoms with van der Waals surface area (Å²) in [6.45, 7) is 7.69. The highest BCUT2D eigenvalue weighted by atomic mass is 32.2. The molecule has 0 spiro atoms. The fourth-order valence-corrected chi connectivity index (χ4v) is 3.79. The zero-order chi connectivity index (χ0) is 15.5. The lowest BCUT2D eigenvalue weighted by Crippen LogP contribution is -2.31. The van der Waals surface area contributed by atoms with Crippen molar-refractivity contribution < 1.29 is 8.42 Å². The van der Waals surface area contributed by atoms with Crippen molar-refractivity contribution in [3.8, 4) is 0 Å². The molecule has 0 aliphatic carbocycles. The number of anilines is 1. The monoisotopic (exact) mass is 302 g/mol. The highest BCUT2D eigenvalue weighted by molar-refractivity contribution is 7.89. The Morgan fingerprint density at radius 3 is 2.38 bits per heavy atom. The van der Waals surface area contributed by atoms with E-state index in [0.29, 0.717) is 11.1 Å². The van der Waals surface area contributed by atoms with E-state index < -0.39 is 10.0 Å². The predicted octanol–water partition coefficient (Wildman–Crippen LogP) is 2.78. The highest BCUT2D eigenvalue weighted by Crippen LogP contribution is 2.27. The van der Waals surface area contributed by atoms with Gasteiger partial charge in [0.15, 0.2) is 0 Å². The molecule has 0 amide bonds. The van der Waals surface area contributed by atoms with Gasteiger partial charge in [-0.3, -0.25) is 0 Å². The lowest BCUT2D eigenvalue weighted by Gasteiger charge is -2.20. The van der Waals surface area contributed by atoms with Gasteiger partial charge in [-0.2, -0.15) is 4.31 Å². The average molecular weight is 302 g/mol. The topological polar surface area (TPSA) is 63.4 Å². The Hall–Kier alpha value is -2.11. The van der Waals surface area contributed by atoms with E-state index >= 15 is 0 Å². The molecule has 2 N–H and O–H groups in total. The molecule has 0 saturated heterocycles. The van der Waals surface area contributed by atoms with Gasteiger partial charge in [0.2, 0.25) is 10.0 Å². The third-order valence-corrected chi connectivity index (χ3v) is 5.04. The molecule has 0 atom stereocenters. The predicted molar refractivity (Wildman–Crippen MR) is 87.5 cm³/mol. The van der Waals surface area contributed by atoms with Crippen molar-refractivity contribution in [3.63, 3.8) is 0 Å². The summed E-state index contributed by atoms with van der Waals surface area (Å²) in [6, 6.07) is 10.4. The Labute approximate surface area is 125 Å². The maximum absolute atomic E-state index is 12.8. The molecule has 0 aliphatic rings. The Balaban J connectivity index is 2.63. The van der Waals surface area contributed by atoms with E-state index in [2.05, 4.69) is 13.2 Å². The van der Waals surface area contributed by atoms with E-state index in [9.17, 15) is 8.42 Å². The molecular weight excluding hydrogens is 284 g/mol. The molecule has 0 aliphatic heterocycles. The summed E-state index contributed by atoms with van der Waals surface area (Å²) < 4.78 is 27.0. The third kappa shape index (κ3) is 2.99. The second-order valence-electron chi connectivity index (χ2n) is 4.64. The molecule has 2 aromatic carbocycles. The van der Waals surface area contributed by atoms with Gasteiger partial charge < -0.3 is 5.73 Å². The van der Waals surface area contributed by atoms with Gasteiger partial charge in [0.05, 0.1) is 4.90 Å². The molecule has 0 aromatic heterocycles. The first-order chi connectivity index (χ1) is 10.0. The second kappa shape index (κ2) is 6.11. The molecular formula is C16H18N2O2S. The minimum atomic E-state index is -3.61. The molecule has 2 aromatic rings. The molecule has 0 unspecified atom stereocenters. The number of rotatable bonds is 6. The van der Waals surface area contributed by atoms with Crippen LogP contribution in [-0.4, -0.2) is 25.8 Å². The molecule has 0 radical (unpaired) electrons. The highest BCUT2D eigenvalue weighted by Gasteiger charge is 2.24. The standard InChI is InChI=1S/C16H18N2O2S/c1-3-10-18(11-4-2)21(19,20)16-7-5-6-13-12-14(17)8-9-15(13)16/h3-9,12H,1-2,10-11,17H2. The number of hydrogen-bond acceptors (Lipinski definition) is 3. The van der Waals surface area contributed by atoms with Crippen molar-refractivity contribution in [2.75, 3.05) is 18.8 Å². The number of nitrogens with two attached hydrogens (primary N) is 1. The molecule has 2 rings (SSSR count). The Morgan fingerprint density at radius 2 is 1.76 bits per heavy atom. The van der Waals surface area contributed by atoms with Crippen molar-refractivity contribution in [1.29, 1.82) is 0 Å². The summed E-state index contributed by atoms with van der Waals surface area (Å²) in [4.78, 5) is 0.267. The number of fused-ring (bicyclic) bond motifs is 1. The van der Waals surface area contributed by atoms with Crippen LogP contribution < -0.4 is 5.73 Å². The van der Waals surface area contributed by atoms with Gasteiger partial charge in [-0.05, 0) is 23.6 Å². The van der Waals surface area contributed by atoms with Crippen LogP contribution in [0.4, 0.5) is 5.69 Å². The quantitative estimate of drug-likeness (QED) is 0.659. The van der Waals surface area contributed by atoms with Crippen molar-refractivity contribution in [1.82, 2.24) is 4.31 Å². The SMILES string of the molecule is C=CCN(CC=C)S(=O)(=O)c1cccc2cc(N)ccc12. The Bertz CT molecular complexity index is 772.